The third-order valence-corrected chi connectivity index (χ3v) is 7.75. The van der Waals surface area contributed by atoms with Crippen LogP contribution >= 0.6 is 11.3 Å². The lowest BCUT2D eigenvalue weighted by molar-refractivity contribution is -0.385. The van der Waals surface area contributed by atoms with E-state index in [1.165, 1.54) is 22.0 Å². The molecule has 40 heavy (non-hydrogen) atoms. The van der Waals surface area contributed by atoms with E-state index in [0.717, 1.165) is 16.3 Å². The predicted molar refractivity (Wildman–Crippen MR) is 153 cm³/mol. The first kappa shape index (κ1) is 27.0. The van der Waals surface area contributed by atoms with Gasteiger partial charge in [0.15, 0.2) is 4.80 Å². The number of thiazole rings is 1. The fraction of sp³-hybridized carbons (Fsp3) is 0.233. The third kappa shape index (κ3) is 4.71. The van der Waals surface area contributed by atoms with Crippen molar-refractivity contribution in [3.63, 3.8) is 0 Å². The Morgan fingerprint density at radius 1 is 1.12 bits per heavy atom. The predicted octanol–water partition coefficient (Wildman–Crippen LogP) is 4.57. The lowest BCUT2D eigenvalue weighted by Crippen LogP contribution is -2.40. The first-order valence-electron chi connectivity index (χ1n) is 12.8. The molecular formula is C30H27N3O6S. The van der Waals surface area contributed by atoms with E-state index in [0.29, 0.717) is 38.5 Å². The zero-order valence-electron chi connectivity index (χ0n) is 22.5. The van der Waals surface area contributed by atoms with E-state index in [1.807, 2.05) is 43.3 Å². The van der Waals surface area contributed by atoms with Crippen molar-refractivity contribution in [3.8, 4) is 5.75 Å². The van der Waals surface area contributed by atoms with E-state index in [4.69, 9.17) is 9.47 Å². The minimum absolute atomic E-state index is 0.102. The normalized spacial score (nSPS) is 15.1. The number of esters is 1. The van der Waals surface area contributed by atoms with Crippen LogP contribution < -0.4 is 19.6 Å². The van der Waals surface area contributed by atoms with Gasteiger partial charge in [0.1, 0.15) is 5.75 Å². The minimum Gasteiger partial charge on any atom is -0.493 e. The number of ether oxygens (including phenoxy) is 2. The van der Waals surface area contributed by atoms with Gasteiger partial charge in [-0.3, -0.25) is 19.5 Å². The Balaban J connectivity index is 1.80. The van der Waals surface area contributed by atoms with Gasteiger partial charge in [-0.15, -0.1) is 0 Å². The van der Waals surface area contributed by atoms with Crippen LogP contribution in [0.3, 0.4) is 0 Å². The summed E-state index contributed by atoms with van der Waals surface area (Å²) in [7, 11) is 0. The smallest absolute Gasteiger partial charge is 0.338 e. The number of hydrogen-bond acceptors (Lipinski definition) is 8. The molecule has 0 fully saturated rings. The second kappa shape index (κ2) is 10.9. The quantitative estimate of drug-likeness (QED) is 0.187. The third-order valence-electron chi connectivity index (χ3n) is 6.77. The molecule has 0 spiro atoms. The van der Waals surface area contributed by atoms with Crippen LogP contribution in [0.15, 0.2) is 75.7 Å². The molecule has 0 saturated carbocycles. The molecule has 0 unspecified atom stereocenters. The van der Waals surface area contributed by atoms with Gasteiger partial charge in [0, 0.05) is 17.2 Å². The molecule has 1 atom stereocenters. The molecule has 0 aliphatic carbocycles. The second-order valence-corrected chi connectivity index (χ2v) is 10.2. The van der Waals surface area contributed by atoms with Gasteiger partial charge in [0.05, 0.1) is 40.0 Å². The summed E-state index contributed by atoms with van der Waals surface area (Å²) >= 11 is 1.19. The molecule has 4 aromatic rings. The van der Waals surface area contributed by atoms with Crippen LogP contribution in [0.4, 0.5) is 5.69 Å². The van der Waals surface area contributed by atoms with Crippen LogP contribution in [0.25, 0.3) is 16.8 Å². The highest BCUT2D eigenvalue weighted by atomic mass is 32.1. The van der Waals surface area contributed by atoms with Crippen molar-refractivity contribution in [1.82, 2.24) is 4.57 Å². The van der Waals surface area contributed by atoms with Crippen LogP contribution in [0, 0.1) is 17.0 Å². The zero-order valence-corrected chi connectivity index (χ0v) is 23.3. The van der Waals surface area contributed by atoms with E-state index in [2.05, 4.69) is 4.99 Å². The van der Waals surface area contributed by atoms with Crippen LogP contribution in [-0.2, 0) is 9.53 Å². The summed E-state index contributed by atoms with van der Waals surface area (Å²) in [5, 5.41) is 13.7. The lowest BCUT2D eigenvalue weighted by atomic mass is 9.94. The van der Waals surface area contributed by atoms with E-state index < -0.39 is 16.9 Å². The zero-order chi connectivity index (χ0) is 28.6. The van der Waals surface area contributed by atoms with Crippen molar-refractivity contribution in [2.45, 2.75) is 33.7 Å². The molecule has 1 aromatic heterocycles. The molecule has 9 nitrogen and oxygen atoms in total. The van der Waals surface area contributed by atoms with Gasteiger partial charge in [-0.1, -0.05) is 53.8 Å². The maximum atomic E-state index is 14.1. The van der Waals surface area contributed by atoms with Crippen LogP contribution in [0.5, 0.6) is 5.75 Å². The number of hydrogen-bond donors (Lipinski definition) is 0. The summed E-state index contributed by atoms with van der Waals surface area (Å²) in [5.41, 5.74) is 1.73. The number of aryl methyl sites for hydroxylation is 1. The van der Waals surface area contributed by atoms with E-state index >= 15 is 0 Å². The Labute approximate surface area is 233 Å². The molecule has 5 rings (SSSR count). The van der Waals surface area contributed by atoms with Crippen LogP contribution in [-0.4, -0.2) is 28.7 Å². The van der Waals surface area contributed by atoms with Crippen molar-refractivity contribution in [2.75, 3.05) is 13.2 Å². The van der Waals surface area contributed by atoms with E-state index in [9.17, 15) is 19.7 Å². The Morgan fingerprint density at radius 2 is 1.90 bits per heavy atom. The minimum atomic E-state index is -0.948. The molecule has 2 heterocycles. The summed E-state index contributed by atoms with van der Waals surface area (Å²) in [6.07, 6.45) is 1.79. The number of fused-ring (bicyclic) bond motifs is 2. The number of carbonyl (C=O) groups excluding carboxylic acids is 1. The van der Waals surface area contributed by atoms with Gasteiger partial charge in [-0.05, 0) is 56.2 Å². The van der Waals surface area contributed by atoms with Crippen molar-refractivity contribution in [3.05, 3.63) is 112 Å². The fourth-order valence-corrected chi connectivity index (χ4v) is 5.97. The molecule has 1 aliphatic heterocycles. The number of rotatable bonds is 7. The standard InChI is InChI=1S/C30H27N3O6S/c1-5-38-24-14-13-19-9-7-8-10-21(19)22(24)16-25-28(34)32-27(20-12-11-17(3)23(15-20)33(36)37)26(29(35)39-6-2)18(4)31-30(32)40-25/h7-16,27H,5-6H2,1-4H3/b25-16+/t27-/m1/s1. The number of aromatic nitrogens is 1. The van der Waals surface area contributed by atoms with Crippen molar-refractivity contribution >= 4 is 39.8 Å². The topological polar surface area (TPSA) is 113 Å². The molecule has 10 heteroatoms. The molecule has 0 radical (unpaired) electrons. The number of carbonyl (C=O) groups is 1. The molecule has 1 aliphatic rings. The van der Waals surface area contributed by atoms with Crippen molar-refractivity contribution in [1.29, 1.82) is 0 Å². The number of nitrogens with zero attached hydrogens (tertiary/aromatic N) is 3. The average Bonchev–Trinajstić information content (AvgIpc) is 3.23. The Hall–Kier alpha value is -4.57. The maximum absolute atomic E-state index is 14.1. The van der Waals surface area contributed by atoms with Gasteiger partial charge in [-0.2, -0.15) is 0 Å². The fourth-order valence-electron chi connectivity index (χ4n) is 4.94. The molecule has 0 saturated heterocycles. The highest BCUT2D eigenvalue weighted by molar-refractivity contribution is 7.07. The molecule has 3 aromatic carbocycles. The molecule has 0 N–H and O–H groups in total. The summed E-state index contributed by atoms with van der Waals surface area (Å²) in [6, 6.07) is 15.5. The second-order valence-electron chi connectivity index (χ2n) is 9.24. The van der Waals surface area contributed by atoms with Crippen LogP contribution in [0.1, 0.15) is 43.5 Å². The molecule has 0 bridgehead atoms. The molecular weight excluding hydrogens is 530 g/mol. The Kier molecular flexibility index (Phi) is 7.36. The number of nitro benzene ring substituents is 1. The maximum Gasteiger partial charge on any atom is 0.338 e. The monoisotopic (exact) mass is 557 g/mol. The highest BCUT2D eigenvalue weighted by Gasteiger charge is 2.34. The van der Waals surface area contributed by atoms with Crippen LogP contribution in [0.2, 0.25) is 0 Å². The highest BCUT2D eigenvalue weighted by Crippen LogP contribution is 2.34. The van der Waals surface area contributed by atoms with Gasteiger partial charge in [0.2, 0.25) is 0 Å². The van der Waals surface area contributed by atoms with Gasteiger partial charge in [0.25, 0.3) is 11.2 Å². The van der Waals surface area contributed by atoms with E-state index in [1.54, 1.807) is 39.0 Å². The summed E-state index contributed by atoms with van der Waals surface area (Å²) in [6.45, 7) is 7.48. The first-order valence-corrected chi connectivity index (χ1v) is 13.7. The largest absolute Gasteiger partial charge is 0.493 e. The average molecular weight is 558 g/mol. The Morgan fingerprint density at radius 3 is 2.62 bits per heavy atom. The first-order chi connectivity index (χ1) is 19.2. The Bertz CT molecular complexity index is 1890. The van der Waals surface area contributed by atoms with E-state index in [-0.39, 0.29) is 23.4 Å². The number of allylic oxidation sites excluding steroid dienone is 1. The molecule has 0 amide bonds. The summed E-state index contributed by atoms with van der Waals surface area (Å²) in [5.74, 6) is 0.0140. The number of benzene rings is 3. The number of nitro groups is 1. The molecule has 204 valence electrons. The van der Waals surface area contributed by atoms with Gasteiger partial charge < -0.3 is 9.47 Å². The van der Waals surface area contributed by atoms with Gasteiger partial charge in [-0.25, -0.2) is 9.79 Å². The summed E-state index contributed by atoms with van der Waals surface area (Å²) in [4.78, 5) is 43.5. The van der Waals surface area contributed by atoms with Crippen molar-refractivity contribution < 1.29 is 19.2 Å². The lowest BCUT2D eigenvalue weighted by Gasteiger charge is -2.24. The van der Waals surface area contributed by atoms with Gasteiger partial charge >= 0.3 is 5.97 Å². The SMILES string of the molecule is CCOC(=O)C1=C(C)N=c2s/c(=C/c3c(OCC)ccc4ccccc34)c(=O)n2[C@@H]1c1ccc(C)c([N+](=O)[O-])c1. The van der Waals surface area contributed by atoms with Crippen molar-refractivity contribution in [2.24, 2.45) is 4.99 Å². The summed E-state index contributed by atoms with van der Waals surface area (Å²) < 4.78 is 13.0.